The summed E-state index contributed by atoms with van der Waals surface area (Å²) in [7, 11) is 1.93. The molecule has 0 amide bonds. The van der Waals surface area contributed by atoms with Crippen LogP contribution in [0.3, 0.4) is 0 Å². The molecule has 1 unspecified atom stereocenters. The average molecular weight is 568 g/mol. The maximum Gasteiger partial charge on any atom is 0.138 e. The Balaban J connectivity index is 1.95. The van der Waals surface area contributed by atoms with Gasteiger partial charge in [-0.15, -0.1) is 0 Å². The molecule has 0 saturated carbocycles. The Morgan fingerprint density at radius 1 is 0.976 bits per heavy atom. The van der Waals surface area contributed by atoms with Gasteiger partial charge in [-0.1, -0.05) is 121 Å². The van der Waals surface area contributed by atoms with E-state index in [0.29, 0.717) is 32.0 Å². The summed E-state index contributed by atoms with van der Waals surface area (Å²) in [6.07, 6.45) is 20.1. The van der Waals surface area contributed by atoms with Gasteiger partial charge in [0, 0.05) is 17.9 Å². The van der Waals surface area contributed by atoms with Gasteiger partial charge in [0.05, 0.1) is 13.2 Å². The Labute approximate surface area is 256 Å². The van der Waals surface area contributed by atoms with Crippen molar-refractivity contribution in [2.45, 2.75) is 84.3 Å². The number of benzene rings is 2. The maximum absolute atomic E-state index is 13.5. The van der Waals surface area contributed by atoms with Crippen LogP contribution in [0.2, 0.25) is 0 Å². The van der Waals surface area contributed by atoms with Crippen molar-refractivity contribution in [1.29, 1.82) is 0 Å². The number of hydrogen-bond acceptors (Lipinski definition) is 3. The number of ketones is 1. The fourth-order valence-corrected chi connectivity index (χ4v) is 4.79. The van der Waals surface area contributed by atoms with Crippen LogP contribution in [0.1, 0.15) is 83.3 Å². The van der Waals surface area contributed by atoms with Crippen molar-refractivity contribution in [1.82, 2.24) is 5.32 Å². The molecule has 2 rings (SSSR count). The standard InChI is InChI=1S/C39H53NO2/c1-7-9-10-15-23-36(35-24-16-12-17-25-35)26-19-18-20-33(8-2)27-28-38(41)37(29-32(3)39(4,5)40-6)31-42-30-34-21-13-11-14-22-34/h7-18,20-22,24-25,36-37,40H,3,19,23,26-31H2,1-2,4-6H3/b9-7-,15-10-,20-18-,33-8+/t36?,37-/m1/s1. The van der Waals surface area contributed by atoms with Crippen LogP contribution < -0.4 is 5.32 Å². The Morgan fingerprint density at radius 3 is 2.31 bits per heavy atom. The molecular weight excluding hydrogens is 514 g/mol. The Morgan fingerprint density at radius 2 is 1.67 bits per heavy atom. The van der Waals surface area contributed by atoms with E-state index >= 15 is 0 Å². The van der Waals surface area contributed by atoms with E-state index in [9.17, 15) is 4.79 Å². The fourth-order valence-electron chi connectivity index (χ4n) is 4.79. The number of rotatable bonds is 20. The number of likely N-dealkylation sites (N-methyl/N-ethyl adjacent to an activating group) is 1. The number of nitrogens with one attached hydrogen (secondary N) is 1. The lowest BCUT2D eigenvalue weighted by Gasteiger charge is -2.29. The molecule has 0 aliphatic carbocycles. The highest BCUT2D eigenvalue weighted by Gasteiger charge is 2.26. The molecule has 2 atom stereocenters. The van der Waals surface area contributed by atoms with Crippen LogP contribution >= 0.6 is 0 Å². The summed E-state index contributed by atoms with van der Waals surface area (Å²) in [4.78, 5) is 13.5. The molecule has 0 spiro atoms. The highest BCUT2D eigenvalue weighted by molar-refractivity contribution is 5.81. The summed E-state index contributed by atoms with van der Waals surface area (Å²) in [5.74, 6) is 0.513. The van der Waals surface area contributed by atoms with Gasteiger partial charge in [-0.25, -0.2) is 0 Å². The van der Waals surface area contributed by atoms with Crippen LogP contribution in [0.4, 0.5) is 0 Å². The second-order valence-electron chi connectivity index (χ2n) is 11.5. The summed E-state index contributed by atoms with van der Waals surface area (Å²) in [6, 6.07) is 20.9. The molecule has 0 bridgehead atoms. The summed E-state index contributed by atoms with van der Waals surface area (Å²) in [5.41, 5.74) is 4.48. The number of carbonyl (C=O) groups excluding carboxylic acids is 1. The summed E-state index contributed by atoms with van der Waals surface area (Å²) in [6.45, 7) is 13.5. The van der Waals surface area contributed by atoms with Gasteiger partial charge in [0.15, 0.2) is 0 Å². The predicted molar refractivity (Wildman–Crippen MR) is 181 cm³/mol. The van der Waals surface area contributed by atoms with Crippen molar-refractivity contribution >= 4 is 5.78 Å². The minimum absolute atomic E-state index is 0.210. The summed E-state index contributed by atoms with van der Waals surface area (Å²) >= 11 is 0. The predicted octanol–water partition coefficient (Wildman–Crippen LogP) is 9.70. The molecular formula is C39H53NO2. The van der Waals surface area contributed by atoms with Gasteiger partial charge < -0.3 is 10.1 Å². The largest absolute Gasteiger partial charge is 0.376 e. The molecule has 0 radical (unpaired) electrons. The van der Waals surface area contributed by atoms with Crippen molar-refractivity contribution in [2.24, 2.45) is 5.92 Å². The first-order valence-corrected chi connectivity index (χ1v) is 15.5. The third-order valence-corrected chi connectivity index (χ3v) is 8.06. The van der Waals surface area contributed by atoms with Gasteiger partial charge in [0.25, 0.3) is 0 Å². The van der Waals surface area contributed by atoms with Crippen LogP contribution in [-0.4, -0.2) is 25.0 Å². The zero-order valence-corrected chi connectivity index (χ0v) is 26.7. The molecule has 3 nitrogen and oxygen atoms in total. The lowest BCUT2D eigenvalue weighted by molar-refractivity contribution is -0.125. The first-order valence-electron chi connectivity index (χ1n) is 15.5. The lowest BCUT2D eigenvalue weighted by Crippen LogP contribution is -2.39. The summed E-state index contributed by atoms with van der Waals surface area (Å²) in [5, 5.41) is 3.31. The van der Waals surface area contributed by atoms with E-state index in [-0.39, 0.29) is 17.2 Å². The van der Waals surface area contributed by atoms with Crippen molar-refractivity contribution in [3.05, 3.63) is 132 Å². The number of allylic oxidation sites excluding steroid dienone is 8. The lowest BCUT2D eigenvalue weighted by atomic mass is 9.85. The number of hydrogen-bond donors (Lipinski definition) is 1. The van der Waals surface area contributed by atoms with E-state index in [4.69, 9.17) is 4.74 Å². The SMILES string of the molecule is C=C(C[C@H](COCc1ccccc1)C(=O)CCC(/C=C\CCC(C/C=C\C=C/C)c1ccccc1)=C/C)C(C)(C)NC. The van der Waals surface area contributed by atoms with Crippen molar-refractivity contribution < 1.29 is 9.53 Å². The van der Waals surface area contributed by atoms with Crippen LogP contribution in [0.5, 0.6) is 0 Å². The maximum atomic E-state index is 13.5. The van der Waals surface area contributed by atoms with Crippen LogP contribution in [0.25, 0.3) is 0 Å². The monoisotopic (exact) mass is 567 g/mol. The molecule has 2 aromatic rings. The van der Waals surface area contributed by atoms with Crippen LogP contribution in [0, 0.1) is 5.92 Å². The quantitative estimate of drug-likeness (QED) is 0.128. The fraction of sp³-hybridized carbons (Fsp3) is 0.410. The first-order chi connectivity index (χ1) is 20.3. The van der Waals surface area contributed by atoms with Gasteiger partial charge >= 0.3 is 0 Å². The molecule has 3 heteroatoms. The molecule has 226 valence electrons. The van der Waals surface area contributed by atoms with Crippen LogP contribution in [0.15, 0.2) is 121 Å². The average Bonchev–Trinajstić information content (AvgIpc) is 3.01. The second-order valence-corrected chi connectivity index (χ2v) is 11.5. The third kappa shape index (κ3) is 13.1. The molecule has 0 aliphatic rings. The molecule has 0 aliphatic heterocycles. The first kappa shape index (κ1) is 34.9. The van der Waals surface area contributed by atoms with Gasteiger partial charge in [-0.2, -0.15) is 0 Å². The Hall–Kier alpha value is -3.27. The number of ether oxygens (including phenoxy) is 1. The van der Waals surface area contributed by atoms with Gasteiger partial charge in [0.1, 0.15) is 5.78 Å². The van der Waals surface area contributed by atoms with E-state index in [2.05, 4.69) is 106 Å². The van der Waals surface area contributed by atoms with E-state index in [0.717, 1.165) is 36.8 Å². The molecule has 1 N–H and O–H groups in total. The molecule has 2 aromatic carbocycles. The van der Waals surface area contributed by atoms with Crippen molar-refractivity contribution in [3.63, 3.8) is 0 Å². The number of Topliss-reactive ketones (excluding diaryl/α,β-unsaturated/α-hetero) is 1. The van der Waals surface area contributed by atoms with Gasteiger partial charge in [-0.05, 0) is 83.9 Å². The molecule has 0 fully saturated rings. The topological polar surface area (TPSA) is 38.3 Å². The highest BCUT2D eigenvalue weighted by atomic mass is 16.5. The van der Waals surface area contributed by atoms with E-state index in [1.165, 1.54) is 11.1 Å². The second kappa shape index (κ2) is 19.8. The molecule has 0 aromatic heterocycles. The normalized spacial score (nSPS) is 14.2. The zero-order valence-electron chi connectivity index (χ0n) is 26.7. The van der Waals surface area contributed by atoms with Crippen molar-refractivity contribution in [3.8, 4) is 0 Å². The van der Waals surface area contributed by atoms with E-state index < -0.39 is 0 Å². The number of carbonyl (C=O) groups is 1. The molecule has 42 heavy (non-hydrogen) atoms. The smallest absolute Gasteiger partial charge is 0.138 e. The Bertz CT molecular complexity index is 1170. The minimum atomic E-state index is -0.241. The van der Waals surface area contributed by atoms with Gasteiger partial charge in [-0.3, -0.25) is 4.79 Å². The van der Waals surface area contributed by atoms with E-state index in [1.807, 2.05) is 44.3 Å². The third-order valence-electron chi connectivity index (χ3n) is 8.06. The highest BCUT2D eigenvalue weighted by Crippen LogP contribution is 2.27. The van der Waals surface area contributed by atoms with Gasteiger partial charge in [0.2, 0.25) is 0 Å². The zero-order chi connectivity index (χ0) is 30.6. The van der Waals surface area contributed by atoms with Crippen molar-refractivity contribution in [2.75, 3.05) is 13.7 Å². The van der Waals surface area contributed by atoms with Crippen LogP contribution in [-0.2, 0) is 16.1 Å². The molecule has 0 heterocycles. The minimum Gasteiger partial charge on any atom is -0.376 e. The molecule has 0 saturated heterocycles. The van der Waals surface area contributed by atoms with E-state index in [1.54, 1.807) is 0 Å². The Kier molecular flexibility index (Phi) is 16.4. The summed E-state index contributed by atoms with van der Waals surface area (Å²) < 4.78 is 6.04.